The lowest BCUT2D eigenvalue weighted by molar-refractivity contribution is 0.0471. The molecule has 0 N–H and O–H groups in total. The van der Waals surface area contributed by atoms with Crippen molar-refractivity contribution in [2.24, 2.45) is 0 Å². The Morgan fingerprint density at radius 1 is 0.875 bits per heavy atom. The average molecular weight is 328 g/mol. The van der Waals surface area contributed by atoms with Gasteiger partial charge in [-0.3, -0.25) is 0 Å². The molecule has 3 rings (SSSR count). The summed E-state index contributed by atoms with van der Waals surface area (Å²) in [5, 5.41) is 0. The minimum Gasteiger partial charge on any atom is -0.196 e. The Hall–Kier alpha value is -0.970. The van der Waals surface area contributed by atoms with E-state index < -0.39 is 5.92 Å². The Labute approximate surface area is 105 Å². The van der Waals surface area contributed by atoms with Gasteiger partial charge in [0.1, 0.15) is 0 Å². The summed E-state index contributed by atoms with van der Waals surface area (Å²) in [6.45, 7) is 0. The SMILES string of the molecule is FC1(F)c2ccccc2-c2cccc(I)c21. The second kappa shape index (κ2) is 3.26. The van der Waals surface area contributed by atoms with E-state index in [0.29, 0.717) is 14.7 Å². The molecule has 0 unspecified atom stereocenters. The third-order valence-electron chi connectivity index (χ3n) is 2.88. The molecule has 0 spiro atoms. The van der Waals surface area contributed by atoms with Gasteiger partial charge >= 0.3 is 5.92 Å². The molecule has 2 aromatic carbocycles. The quantitative estimate of drug-likeness (QED) is 0.629. The van der Waals surface area contributed by atoms with Crippen molar-refractivity contribution in [2.75, 3.05) is 0 Å². The summed E-state index contributed by atoms with van der Waals surface area (Å²) in [5.41, 5.74) is 1.58. The van der Waals surface area contributed by atoms with Crippen LogP contribution >= 0.6 is 22.6 Å². The molecule has 1 aliphatic rings. The summed E-state index contributed by atoms with van der Waals surface area (Å²) in [6.07, 6.45) is 0. The Morgan fingerprint density at radius 2 is 1.56 bits per heavy atom. The molecule has 3 heteroatoms. The van der Waals surface area contributed by atoms with E-state index in [2.05, 4.69) is 0 Å². The maximum atomic E-state index is 14.2. The Balaban J connectivity index is 2.44. The minimum atomic E-state index is -2.86. The van der Waals surface area contributed by atoms with Crippen molar-refractivity contribution in [1.82, 2.24) is 0 Å². The molecule has 0 aromatic heterocycles. The van der Waals surface area contributed by atoms with Crippen LogP contribution < -0.4 is 0 Å². The van der Waals surface area contributed by atoms with Crippen LogP contribution in [0.25, 0.3) is 11.1 Å². The van der Waals surface area contributed by atoms with Gasteiger partial charge in [-0.25, -0.2) is 0 Å². The van der Waals surface area contributed by atoms with Crippen LogP contribution in [0.5, 0.6) is 0 Å². The zero-order valence-corrected chi connectivity index (χ0v) is 10.3. The van der Waals surface area contributed by atoms with Crippen LogP contribution in [0.3, 0.4) is 0 Å². The molecule has 0 saturated carbocycles. The largest absolute Gasteiger partial charge is 0.300 e. The van der Waals surface area contributed by atoms with Crippen LogP contribution in [0.1, 0.15) is 11.1 Å². The number of alkyl halides is 2. The summed E-state index contributed by atoms with van der Waals surface area (Å²) in [7, 11) is 0. The van der Waals surface area contributed by atoms with Gasteiger partial charge in [0.05, 0.1) is 0 Å². The summed E-state index contributed by atoms with van der Waals surface area (Å²) in [4.78, 5) is 0. The molecule has 0 bridgehead atoms. The second-order valence-corrected chi connectivity index (χ2v) is 4.94. The van der Waals surface area contributed by atoms with Crippen LogP contribution in [-0.4, -0.2) is 0 Å². The van der Waals surface area contributed by atoms with Gasteiger partial charge in [-0.15, -0.1) is 0 Å². The molecule has 0 heterocycles. The third-order valence-corrected chi connectivity index (χ3v) is 3.78. The highest BCUT2D eigenvalue weighted by Gasteiger charge is 2.45. The Bertz CT molecular complexity index is 576. The third kappa shape index (κ3) is 1.18. The van der Waals surface area contributed by atoms with Crippen molar-refractivity contribution < 1.29 is 8.78 Å². The smallest absolute Gasteiger partial charge is 0.196 e. The van der Waals surface area contributed by atoms with Crippen LogP contribution in [0.15, 0.2) is 42.5 Å². The van der Waals surface area contributed by atoms with Gasteiger partial charge in [0, 0.05) is 14.7 Å². The van der Waals surface area contributed by atoms with E-state index in [1.54, 1.807) is 30.3 Å². The first-order chi connectivity index (χ1) is 7.62. The zero-order valence-electron chi connectivity index (χ0n) is 8.18. The number of hydrogen-bond donors (Lipinski definition) is 0. The summed E-state index contributed by atoms with van der Waals surface area (Å²) in [6, 6.07) is 12.0. The molecule has 16 heavy (non-hydrogen) atoms. The number of benzene rings is 2. The highest BCUT2D eigenvalue weighted by molar-refractivity contribution is 14.1. The maximum Gasteiger partial charge on any atom is 0.300 e. The molecular formula is C13H7F2I. The number of halogens is 3. The highest BCUT2D eigenvalue weighted by atomic mass is 127. The van der Waals surface area contributed by atoms with E-state index in [9.17, 15) is 8.78 Å². The molecule has 0 aliphatic heterocycles. The minimum absolute atomic E-state index is 0.120. The van der Waals surface area contributed by atoms with Crippen molar-refractivity contribution in [1.29, 1.82) is 0 Å². The lowest BCUT2D eigenvalue weighted by Gasteiger charge is -2.13. The lowest BCUT2D eigenvalue weighted by atomic mass is 10.1. The van der Waals surface area contributed by atoms with E-state index in [4.69, 9.17) is 0 Å². The van der Waals surface area contributed by atoms with Crippen molar-refractivity contribution in [2.45, 2.75) is 5.92 Å². The fourth-order valence-electron chi connectivity index (χ4n) is 2.19. The van der Waals surface area contributed by atoms with Gasteiger partial charge < -0.3 is 0 Å². The molecular weight excluding hydrogens is 321 g/mol. The normalized spacial score (nSPS) is 15.7. The lowest BCUT2D eigenvalue weighted by Crippen LogP contribution is -2.12. The predicted octanol–water partition coefficient (Wildman–Crippen LogP) is 4.41. The molecule has 0 nitrogen and oxygen atoms in total. The van der Waals surface area contributed by atoms with E-state index in [1.807, 2.05) is 28.7 Å². The van der Waals surface area contributed by atoms with Gasteiger partial charge in [0.25, 0.3) is 0 Å². The highest BCUT2D eigenvalue weighted by Crippen LogP contribution is 2.52. The first-order valence-corrected chi connectivity index (χ1v) is 5.97. The molecule has 80 valence electrons. The van der Waals surface area contributed by atoms with Gasteiger partial charge in [-0.05, 0) is 39.8 Å². The van der Waals surface area contributed by atoms with Gasteiger partial charge in [0.15, 0.2) is 0 Å². The van der Waals surface area contributed by atoms with Crippen LogP contribution in [0.4, 0.5) is 8.78 Å². The van der Waals surface area contributed by atoms with Crippen LogP contribution in [0, 0.1) is 3.57 Å². The van der Waals surface area contributed by atoms with Crippen molar-refractivity contribution in [3.63, 3.8) is 0 Å². The van der Waals surface area contributed by atoms with Gasteiger partial charge in [-0.1, -0.05) is 36.4 Å². The number of fused-ring (bicyclic) bond motifs is 3. The van der Waals surface area contributed by atoms with E-state index in [-0.39, 0.29) is 11.1 Å². The van der Waals surface area contributed by atoms with E-state index in [0.717, 1.165) is 0 Å². The molecule has 1 aliphatic carbocycles. The molecule has 0 radical (unpaired) electrons. The van der Waals surface area contributed by atoms with Crippen molar-refractivity contribution in [3.05, 3.63) is 57.2 Å². The van der Waals surface area contributed by atoms with Crippen LogP contribution in [-0.2, 0) is 5.92 Å². The number of hydrogen-bond acceptors (Lipinski definition) is 0. The fraction of sp³-hybridized carbons (Fsp3) is 0.0769. The van der Waals surface area contributed by atoms with Crippen LogP contribution in [0.2, 0.25) is 0 Å². The van der Waals surface area contributed by atoms with Gasteiger partial charge in [-0.2, -0.15) is 8.78 Å². The fourth-order valence-corrected chi connectivity index (χ4v) is 3.03. The van der Waals surface area contributed by atoms with Gasteiger partial charge in [0.2, 0.25) is 0 Å². The molecule has 0 saturated heterocycles. The number of rotatable bonds is 0. The monoisotopic (exact) mass is 328 g/mol. The summed E-state index contributed by atoms with van der Waals surface area (Å²) in [5.74, 6) is -2.86. The maximum absolute atomic E-state index is 14.2. The summed E-state index contributed by atoms with van der Waals surface area (Å²) < 4.78 is 29.0. The first-order valence-electron chi connectivity index (χ1n) is 4.89. The van der Waals surface area contributed by atoms with E-state index in [1.165, 1.54) is 6.07 Å². The average Bonchev–Trinajstić information content (AvgIpc) is 2.50. The molecule has 2 aromatic rings. The standard InChI is InChI=1S/C13H7F2I/c14-13(15)10-6-2-1-4-8(10)9-5-3-7-11(16)12(9)13/h1-7H. The Morgan fingerprint density at radius 3 is 2.38 bits per heavy atom. The first kappa shape index (κ1) is 10.2. The zero-order chi connectivity index (χ0) is 11.3. The molecule has 0 fully saturated rings. The molecule has 0 atom stereocenters. The second-order valence-electron chi connectivity index (χ2n) is 3.78. The van der Waals surface area contributed by atoms with Crippen molar-refractivity contribution in [3.8, 4) is 11.1 Å². The van der Waals surface area contributed by atoms with E-state index >= 15 is 0 Å². The topological polar surface area (TPSA) is 0 Å². The van der Waals surface area contributed by atoms with Crippen molar-refractivity contribution >= 4 is 22.6 Å². The Kier molecular flexibility index (Phi) is 2.08. The molecule has 0 amide bonds. The predicted molar refractivity (Wildman–Crippen MR) is 67.6 cm³/mol. The summed E-state index contributed by atoms with van der Waals surface area (Å²) >= 11 is 1.97.